The van der Waals surface area contributed by atoms with Crippen molar-refractivity contribution in [1.29, 1.82) is 0 Å². The van der Waals surface area contributed by atoms with Crippen LogP contribution in [-0.4, -0.2) is 35.6 Å². The van der Waals surface area contributed by atoms with Gasteiger partial charge in [0.1, 0.15) is 5.82 Å². The van der Waals surface area contributed by atoms with E-state index in [0.29, 0.717) is 11.5 Å². The van der Waals surface area contributed by atoms with Gasteiger partial charge >= 0.3 is 5.97 Å². The zero-order valence-corrected chi connectivity index (χ0v) is 14.0. The first-order chi connectivity index (χ1) is 12.0. The van der Waals surface area contributed by atoms with Crippen LogP contribution in [0.25, 0.3) is 0 Å². The normalized spacial score (nSPS) is 26.7. The molecule has 4 N–H and O–H groups in total. The SMILES string of the molecule is O=C(O)CC(CC(=O)NC1CCCC2CNNC21)c1ccc(F)cc1. The summed E-state index contributed by atoms with van der Waals surface area (Å²) in [5.74, 6) is -1.45. The van der Waals surface area contributed by atoms with Gasteiger partial charge in [0.05, 0.1) is 6.42 Å². The van der Waals surface area contributed by atoms with Crippen LogP contribution in [0, 0.1) is 11.7 Å². The summed E-state index contributed by atoms with van der Waals surface area (Å²) in [5, 5.41) is 12.2. The molecule has 4 unspecified atom stereocenters. The Kier molecular flexibility index (Phi) is 5.65. The topological polar surface area (TPSA) is 90.5 Å². The van der Waals surface area contributed by atoms with Crippen molar-refractivity contribution in [3.05, 3.63) is 35.6 Å². The van der Waals surface area contributed by atoms with Crippen LogP contribution in [0.2, 0.25) is 0 Å². The largest absolute Gasteiger partial charge is 0.481 e. The van der Waals surface area contributed by atoms with Crippen molar-refractivity contribution in [2.24, 2.45) is 5.92 Å². The maximum atomic E-state index is 13.1. The Morgan fingerprint density at radius 1 is 1.24 bits per heavy atom. The van der Waals surface area contributed by atoms with Crippen LogP contribution in [0.4, 0.5) is 4.39 Å². The fourth-order valence-electron chi connectivity index (χ4n) is 3.95. The summed E-state index contributed by atoms with van der Waals surface area (Å²) in [7, 11) is 0. The van der Waals surface area contributed by atoms with E-state index in [2.05, 4.69) is 16.2 Å². The summed E-state index contributed by atoms with van der Waals surface area (Å²) in [6.45, 7) is 0.911. The number of halogens is 1. The van der Waals surface area contributed by atoms with Crippen LogP contribution in [0.5, 0.6) is 0 Å². The van der Waals surface area contributed by atoms with Gasteiger partial charge in [-0.05, 0) is 36.5 Å². The first-order valence-electron chi connectivity index (χ1n) is 8.78. The third-order valence-electron chi connectivity index (χ3n) is 5.20. The van der Waals surface area contributed by atoms with Crippen molar-refractivity contribution in [1.82, 2.24) is 16.2 Å². The van der Waals surface area contributed by atoms with Crippen LogP contribution >= 0.6 is 0 Å². The average molecular weight is 349 g/mol. The Balaban J connectivity index is 1.63. The predicted octanol–water partition coefficient (Wildman–Crippen LogP) is 1.54. The molecular formula is C18H24FN3O3. The van der Waals surface area contributed by atoms with E-state index in [1.165, 1.54) is 12.1 Å². The van der Waals surface area contributed by atoms with E-state index in [-0.39, 0.29) is 36.6 Å². The molecule has 0 spiro atoms. The van der Waals surface area contributed by atoms with E-state index in [1.807, 2.05) is 0 Å². The van der Waals surface area contributed by atoms with Crippen molar-refractivity contribution >= 4 is 11.9 Å². The third kappa shape index (κ3) is 4.55. The van der Waals surface area contributed by atoms with Crippen molar-refractivity contribution in [3.8, 4) is 0 Å². The smallest absolute Gasteiger partial charge is 0.303 e. The maximum Gasteiger partial charge on any atom is 0.303 e. The van der Waals surface area contributed by atoms with Gasteiger partial charge in [-0.3, -0.25) is 20.4 Å². The van der Waals surface area contributed by atoms with Crippen molar-refractivity contribution < 1.29 is 19.1 Å². The van der Waals surface area contributed by atoms with Crippen LogP contribution in [-0.2, 0) is 9.59 Å². The molecule has 6 nitrogen and oxygen atoms in total. The number of fused-ring (bicyclic) bond motifs is 1. The first kappa shape index (κ1) is 17.8. The second-order valence-corrected chi connectivity index (χ2v) is 6.97. The van der Waals surface area contributed by atoms with Gasteiger partial charge in [-0.25, -0.2) is 4.39 Å². The molecule has 1 saturated carbocycles. The minimum absolute atomic E-state index is 0.0555. The molecule has 3 rings (SSSR count). The molecule has 1 aromatic carbocycles. The lowest BCUT2D eigenvalue weighted by Gasteiger charge is -2.33. The number of rotatable bonds is 6. The molecule has 0 radical (unpaired) electrons. The Labute approximate surface area is 146 Å². The average Bonchev–Trinajstić information content (AvgIpc) is 3.04. The Hall–Kier alpha value is -1.99. The molecule has 7 heteroatoms. The van der Waals surface area contributed by atoms with Crippen LogP contribution < -0.4 is 16.2 Å². The summed E-state index contributed by atoms with van der Waals surface area (Å²) in [6.07, 6.45) is 3.07. The molecule has 2 fully saturated rings. The Morgan fingerprint density at radius 3 is 2.72 bits per heavy atom. The lowest BCUT2D eigenvalue weighted by atomic mass is 9.82. The second kappa shape index (κ2) is 7.93. The number of carbonyl (C=O) groups excluding carboxylic acids is 1. The van der Waals surface area contributed by atoms with Gasteiger partial charge in [0.2, 0.25) is 5.91 Å². The number of carboxylic acids is 1. The molecule has 4 atom stereocenters. The molecule has 136 valence electrons. The van der Waals surface area contributed by atoms with Crippen LogP contribution in [0.3, 0.4) is 0 Å². The summed E-state index contributed by atoms with van der Waals surface area (Å²) in [4.78, 5) is 23.7. The van der Waals surface area contributed by atoms with Gasteiger partial charge in [0.25, 0.3) is 0 Å². The molecule has 25 heavy (non-hydrogen) atoms. The van der Waals surface area contributed by atoms with Crippen molar-refractivity contribution in [3.63, 3.8) is 0 Å². The summed E-state index contributed by atoms with van der Waals surface area (Å²) in [5.41, 5.74) is 7.06. The Bertz CT molecular complexity index is 622. The third-order valence-corrected chi connectivity index (χ3v) is 5.20. The number of carboxylic acid groups (broad SMARTS) is 1. The van der Waals surface area contributed by atoms with E-state index in [1.54, 1.807) is 12.1 Å². The number of nitrogens with one attached hydrogen (secondary N) is 3. The van der Waals surface area contributed by atoms with E-state index in [9.17, 15) is 14.0 Å². The zero-order valence-electron chi connectivity index (χ0n) is 14.0. The van der Waals surface area contributed by atoms with Crippen LogP contribution in [0.15, 0.2) is 24.3 Å². The molecule has 2 aliphatic rings. The van der Waals surface area contributed by atoms with Gasteiger partial charge in [-0.15, -0.1) is 0 Å². The molecule has 1 saturated heterocycles. The van der Waals surface area contributed by atoms with E-state index in [4.69, 9.17) is 5.11 Å². The van der Waals surface area contributed by atoms with E-state index >= 15 is 0 Å². The lowest BCUT2D eigenvalue weighted by Crippen LogP contribution is -2.53. The van der Waals surface area contributed by atoms with E-state index < -0.39 is 11.9 Å². The lowest BCUT2D eigenvalue weighted by molar-refractivity contribution is -0.137. The molecule has 0 aromatic heterocycles. The number of benzene rings is 1. The number of carbonyl (C=O) groups is 2. The maximum absolute atomic E-state index is 13.1. The van der Waals surface area contributed by atoms with Gasteiger partial charge in [-0.2, -0.15) is 0 Å². The van der Waals surface area contributed by atoms with Crippen LogP contribution in [0.1, 0.15) is 43.6 Å². The highest BCUT2D eigenvalue weighted by molar-refractivity contribution is 5.78. The number of hydrogen-bond donors (Lipinski definition) is 4. The van der Waals surface area contributed by atoms with Gasteiger partial charge in [-0.1, -0.05) is 18.6 Å². The highest BCUT2D eigenvalue weighted by Crippen LogP contribution is 2.28. The number of amides is 1. The van der Waals surface area contributed by atoms with Crippen molar-refractivity contribution in [2.45, 2.75) is 50.1 Å². The summed E-state index contributed by atoms with van der Waals surface area (Å²) >= 11 is 0. The monoisotopic (exact) mass is 349 g/mol. The Morgan fingerprint density at radius 2 is 2.00 bits per heavy atom. The summed E-state index contributed by atoms with van der Waals surface area (Å²) < 4.78 is 13.1. The van der Waals surface area contributed by atoms with Gasteiger partial charge in [0.15, 0.2) is 0 Å². The molecule has 0 bridgehead atoms. The molecule has 1 amide bonds. The standard InChI is InChI=1S/C18H24FN3O3/c19-14-6-4-11(5-7-14)13(9-17(24)25)8-16(23)21-15-3-1-2-12-10-20-22-18(12)15/h4-7,12-13,15,18,20,22H,1-3,8-10H2,(H,21,23)(H,24,25). The number of hydrogen-bond acceptors (Lipinski definition) is 4. The van der Waals surface area contributed by atoms with E-state index in [0.717, 1.165) is 25.8 Å². The first-order valence-corrected chi connectivity index (χ1v) is 8.78. The fourth-order valence-corrected chi connectivity index (χ4v) is 3.95. The van der Waals surface area contributed by atoms with Gasteiger partial charge in [0, 0.05) is 31.0 Å². The minimum Gasteiger partial charge on any atom is -0.481 e. The molecule has 1 aliphatic heterocycles. The number of hydrazine groups is 1. The molecule has 1 aromatic rings. The predicted molar refractivity (Wildman–Crippen MR) is 90.2 cm³/mol. The fraction of sp³-hybridized carbons (Fsp3) is 0.556. The molecular weight excluding hydrogens is 325 g/mol. The quantitative estimate of drug-likeness (QED) is 0.625. The van der Waals surface area contributed by atoms with Crippen molar-refractivity contribution in [2.75, 3.05) is 6.54 Å². The highest BCUT2D eigenvalue weighted by atomic mass is 19.1. The highest BCUT2D eigenvalue weighted by Gasteiger charge is 2.37. The zero-order chi connectivity index (χ0) is 17.8. The minimum atomic E-state index is -0.971. The molecule has 1 aliphatic carbocycles. The molecule has 1 heterocycles. The van der Waals surface area contributed by atoms with Gasteiger partial charge < -0.3 is 10.4 Å². The second-order valence-electron chi connectivity index (χ2n) is 6.97. The summed E-state index contributed by atoms with van der Waals surface area (Å²) in [6, 6.07) is 5.97. The number of aliphatic carboxylic acids is 1.